The van der Waals surface area contributed by atoms with Crippen LogP contribution in [-0.4, -0.2) is 33.0 Å². The van der Waals surface area contributed by atoms with Gasteiger partial charge in [-0.2, -0.15) is 31.4 Å². The van der Waals surface area contributed by atoms with Gasteiger partial charge in [-0.15, -0.1) is 0 Å². The largest absolute Gasteiger partial charge is 0.435 e. The molecule has 1 heterocycles. The van der Waals surface area contributed by atoms with E-state index >= 15 is 0 Å². The van der Waals surface area contributed by atoms with Crippen LogP contribution in [0.25, 0.3) is 5.69 Å². The van der Waals surface area contributed by atoms with Crippen LogP contribution in [0.4, 0.5) is 36.4 Å². The first-order chi connectivity index (χ1) is 15.3. The molecule has 1 aromatic heterocycles. The van der Waals surface area contributed by atoms with Gasteiger partial charge < -0.3 is 5.32 Å². The summed E-state index contributed by atoms with van der Waals surface area (Å²) in [6.45, 7) is 2.65. The minimum Gasteiger partial charge on any atom is -0.321 e. The Labute approximate surface area is 183 Å². The van der Waals surface area contributed by atoms with Crippen molar-refractivity contribution in [2.24, 2.45) is 0 Å². The monoisotopic (exact) mass is 474 g/mol. The van der Waals surface area contributed by atoms with Crippen LogP contribution >= 0.6 is 0 Å². The zero-order chi connectivity index (χ0) is 24.6. The molecule has 3 rings (SSSR count). The number of aryl methyl sites for hydroxylation is 2. The molecule has 0 bridgehead atoms. The number of hydrogen-bond acceptors (Lipinski definition) is 3. The Balaban J connectivity index is 1.95. The highest BCUT2D eigenvalue weighted by molar-refractivity contribution is 6.05. The molecule has 0 atom stereocenters. The highest BCUT2D eigenvalue weighted by atomic mass is 19.4. The Morgan fingerprint density at radius 2 is 1.61 bits per heavy atom. The smallest absolute Gasteiger partial charge is 0.321 e. The summed E-state index contributed by atoms with van der Waals surface area (Å²) in [6, 6.07) is 7.00. The number of nitrogens with zero attached hydrogens (tertiary/aromatic N) is 3. The van der Waals surface area contributed by atoms with Gasteiger partial charge in [0.05, 0.1) is 5.69 Å². The number of alkyl halides is 7. The van der Waals surface area contributed by atoms with Gasteiger partial charge in [0.15, 0.2) is 0 Å². The lowest BCUT2D eigenvalue weighted by Gasteiger charge is -2.31. The van der Waals surface area contributed by atoms with Crippen molar-refractivity contribution in [2.45, 2.75) is 38.3 Å². The van der Waals surface area contributed by atoms with Gasteiger partial charge in [-0.05, 0) is 54.8 Å². The zero-order valence-corrected chi connectivity index (χ0v) is 17.2. The van der Waals surface area contributed by atoms with Crippen LogP contribution in [0.1, 0.15) is 34.0 Å². The van der Waals surface area contributed by atoms with E-state index in [-0.39, 0.29) is 28.8 Å². The molecule has 0 spiro atoms. The molecule has 0 saturated carbocycles. The highest BCUT2D eigenvalue weighted by Gasteiger charge is 2.73. The van der Waals surface area contributed by atoms with Crippen molar-refractivity contribution in [3.63, 3.8) is 0 Å². The van der Waals surface area contributed by atoms with E-state index < -0.39 is 29.5 Å². The van der Waals surface area contributed by atoms with Crippen LogP contribution in [0.3, 0.4) is 0 Å². The number of amides is 1. The van der Waals surface area contributed by atoms with Crippen molar-refractivity contribution in [2.75, 3.05) is 5.32 Å². The molecule has 2 aromatic carbocycles. The van der Waals surface area contributed by atoms with Gasteiger partial charge in [-0.1, -0.05) is 13.0 Å². The van der Waals surface area contributed by atoms with E-state index in [4.69, 9.17) is 0 Å². The Bertz CT molecular complexity index is 1120. The molecule has 176 valence electrons. The van der Waals surface area contributed by atoms with Crippen molar-refractivity contribution < 1.29 is 35.5 Å². The van der Waals surface area contributed by atoms with Gasteiger partial charge >= 0.3 is 18.0 Å². The molecule has 0 unspecified atom stereocenters. The SMILES string of the molecule is CCc1cc(C(F)(C(F)(F)F)C(F)(F)F)cc(C)c1NC(=O)c1ccc(-n2cncn2)cc1. The molecular weight excluding hydrogens is 457 g/mol. The average molecular weight is 474 g/mol. The topological polar surface area (TPSA) is 59.8 Å². The molecule has 3 aromatic rings. The fourth-order valence-electron chi connectivity index (χ4n) is 3.30. The van der Waals surface area contributed by atoms with E-state index in [0.29, 0.717) is 17.8 Å². The summed E-state index contributed by atoms with van der Waals surface area (Å²) >= 11 is 0. The predicted molar refractivity (Wildman–Crippen MR) is 105 cm³/mol. The quantitative estimate of drug-likeness (QED) is 0.484. The molecule has 0 fully saturated rings. The summed E-state index contributed by atoms with van der Waals surface area (Å²) in [5.41, 5.74) is -6.56. The number of rotatable bonds is 5. The zero-order valence-electron chi connectivity index (χ0n) is 17.2. The number of aromatic nitrogens is 3. The second-order valence-electron chi connectivity index (χ2n) is 7.18. The number of halogens is 7. The normalized spacial score (nSPS) is 12.6. The van der Waals surface area contributed by atoms with Crippen LogP contribution in [0.5, 0.6) is 0 Å². The van der Waals surface area contributed by atoms with E-state index in [1.165, 1.54) is 43.3 Å². The molecule has 5 nitrogen and oxygen atoms in total. The maximum atomic E-state index is 14.5. The minimum atomic E-state index is -6.22. The second kappa shape index (κ2) is 8.49. The van der Waals surface area contributed by atoms with Crippen molar-refractivity contribution in [3.05, 3.63) is 71.3 Å². The van der Waals surface area contributed by atoms with Crippen LogP contribution < -0.4 is 5.32 Å². The Morgan fingerprint density at radius 3 is 2.09 bits per heavy atom. The number of nitrogens with one attached hydrogen (secondary N) is 1. The Kier molecular flexibility index (Phi) is 6.22. The van der Waals surface area contributed by atoms with Crippen LogP contribution in [0.2, 0.25) is 0 Å². The molecule has 0 saturated heterocycles. The summed E-state index contributed by atoms with van der Waals surface area (Å²) in [5, 5.41) is 6.44. The van der Waals surface area contributed by atoms with Crippen LogP contribution in [0, 0.1) is 6.92 Å². The predicted octanol–water partition coefficient (Wildman–Crippen LogP) is 5.68. The number of anilines is 1. The van der Waals surface area contributed by atoms with E-state index in [9.17, 15) is 35.5 Å². The number of carbonyl (C=O) groups excluding carboxylic acids is 1. The summed E-state index contributed by atoms with van der Waals surface area (Å²) in [6.07, 6.45) is -9.73. The fraction of sp³-hybridized carbons (Fsp3) is 0.286. The fourth-order valence-corrected chi connectivity index (χ4v) is 3.30. The van der Waals surface area contributed by atoms with Gasteiger partial charge in [0.25, 0.3) is 5.91 Å². The first kappa shape index (κ1) is 24.2. The van der Waals surface area contributed by atoms with Crippen molar-refractivity contribution in [3.8, 4) is 5.69 Å². The second-order valence-corrected chi connectivity index (χ2v) is 7.18. The average Bonchev–Trinajstić information content (AvgIpc) is 3.27. The number of carbonyl (C=O) groups is 1. The lowest BCUT2D eigenvalue weighted by molar-refractivity contribution is -0.348. The molecule has 0 aliphatic rings. The third-order valence-electron chi connectivity index (χ3n) is 5.03. The standard InChI is InChI=1S/C21H17F7N4O/c1-3-13-9-15(19(22,20(23,24)25)21(26,27)28)8-12(2)17(13)31-18(33)14-4-6-16(7-5-14)32-11-29-10-30-32/h4-11H,3H2,1-2H3,(H,31,33). The van der Waals surface area contributed by atoms with Gasteiger partial charge in [-0.25, -0.2) is 14.1 Å². The van der Waals surface area contributed by atoms with Crippen LogP contribution in [0.15, 0.2) is 49.1 Å². The van der Waals surface area contributed by atoms with Crippen molar-refractivity contribution >= 4 is 11.6 Å². The number of hydrogen-bond donors (Lipinski definition) is 1. The van der Waals surface area contributed by atoms with E-state index in [0.717, 1.165) is 0 Å². The number of benzene rings is 2. The van der Waals surface area contributed by atoms with Crippen molar-refractivity contribution in [1.29, 1.82) is 0 Å². The molecule has 0 radical (unpaired) electrons. The molecule has 0 aliphatic carbocycles. The molecule has 12 heteroatoms. The first-order valence-electron chi connectivity index (χ1n) is 9.52. The van der Waals surface area contributed by atoms with Gasteiger partial charge in [0.2, 0.25) is 0 Å². The molecule has 33 heavy (non-hydrogen) atoms. The summed E-state index contributed by atoms with van der Waals surface area (Å²) in [4.78, 5) is 16.5. The maximum Gasteiger partial charge on any atom is 0.435 e. The lowest BCUT2D eigenvalue weighted by Crippen LogP contribution is -2.50. The van der Waals surface area contributed by atoms with E-state index in [1.807, 2.05) is 0 Å². The molecule has 1 amide bonds. The molecule has 0 aliphatic heterocycles. The molecular formula is C21H17F7N4O. The third kappa shape index (κ3) is 4.41. The van der Waals surface area contributed by atoms with Gasteiger partial charge in [0.1, 0.15) is 12.7 Å². The Morgan fingerprint density at radius 1 is 1.00 bits per heavy atom. The first-order valence-corrected chi connectivity index (χ1v) is 9.52. The van der Waals surface area contributed by atoms with E-state index in [2.05, 4.69) is 15.4 Å². The summed E-state index contributed by atoms with van der Waals surface area (Å²) in [7, 11) is 0. The van der Waals surface area contributed by atoms with Gasteiger partial charge in [0, 0.05) is 16.8 Å². The minimum absolute atomic E-state index is 0.0123. The lowest BCUT2D eigenvalue weighted by atomic mass is 9.89. The maximum absolute atomic E-state index is 14.5. The highest BCUT2D eigenvalue weighted by Crippen LogP contribution is 2.53. The van der Waals surface area contributed by atoms with Crippen LogP contribution in [-0.2, 0) is 12.1 Å². The Hall–Kier alpha value is -3.44. The molecule has 1 N–H and O–H groups in total. The van der Waals surface area contributed by atoms with Crippen molar-refractivity contribution in [1.82, 2.24) is 14.8 Å². The van der Waals surface area contributed by atoms with E-state index in [1.54, 1.807) is 12.1 Å². The summed E-state index contributed by atoms with van der Waals surface area (Å²) < 4.78 is 94.8. The summed E-state index contributed by atoms with van der Waals surface area (Å²) in [5.74, 6) is -0.649. The third-order valence-corrected chi connectivity index (χ3v) is 5.03. The van der Waals surface area contributed by atoms with Gasteiger partial charge in [-0.3, -0.25) is 4.79 Å².